The molecule has 2 aromatic carbocycles. The number of ether oxygens (including phenoxy) is 4. The van der Waals surface area contributed by atoms with Gasteiger partial charge in [0.15, 0.2) is 0 Å². The molecule has 2 rings (SSSR count). The highest BCUT2D eigenvalue weighted by Crippen LogP contribution is 2.39. The third-order valence-electron chi connectivity index (χ3n) is 3.48. The number of aliphatic hydroxyl groups is 2. The van der Waals surface area contributed by atoms with Crippen LogP contribution in [0.1, 0.15) is 0 Å². The van der Waals surface area contributed by atoms with Gasteiger partial charge in [0.1, 0.15) is 36.9 Å². The third-order valence-corrected chi connectivity index (χ3v) is 3.76. The van der Waals surface area contributed by atoms with E-state index in [1.54, 1.807) is 6.07 Å². The molecular formula is C18H23ClO6. The molecule has 25 heavy (non-hydrogen) atoms. The summed E-state index contributed by atoms with van der Waals surface area (Å²) in [5.41, 5.74) is 0. The van der Waals surface area contributed by atoms with Gasteiger partial charge in [0.25, 0.3) is 0 Å². The van der Waals surface area contributed by atoms with Crippen LogP contribution in [0.2, 0.25) is 5.02 Å². The van der Waals surface area contributed by atoms with E-state index in [0.29, 0.717) is 16.5 Å². The van der Waals surface area contributed by atoms with E-state index in [9.17, 15) is 10.2 Å². The molecule has 0 aliphatic rings. The minimum atomic E-state index is -0.750. The highest BCUT2D eigenvalue weighted by molar-refractivity contribution is 6.33. The maximum atomic E-state index is 9.77. The molecule has 2 N–H and O–H groups in total. The van der Waals surface area contributed by atoms with Crippen LogP contribution >= 0.6 is 11.6 Å². The standard InChI is InChI=1S/C18H23ClO6/c1-22-8-12(20)10-24-17-7-16(19)18(25-11-13(21)9-23-2)15-6-4-3-5-14(15)17/h3-7,12-13,20-21H,8-11H2,1-2H3. The highest BCUT2D eigenvalue weighted by atomic mass is 35.5. The summed E-state index contributed by atoms with van der Waals surface area (Å²) in [6.07, 6.45) is -1.48. The van der Waals surface area contributed by atoms with Crippen molar-refractivity contribution < 1.29 is 29.2 Å². The number of benzene rings is 2. The molecule has 0 aliphatic heterocycles. The van der Waals surface area contributed by atoms with E-state index in [4.69, 9.17) is 30.5 Å². The third kappa shape index (κ3) is 5.45. The molecule has 0 radical (unpaired) electrons. The fraction of sp³-hybridized carbons (Fsp3) is 0.444. The first-order chi connectivity index (χ1) is 12.1. The van der Waals surface area contributed by atoms with Crippen LogP contribution in [0.5, 0.6) is 11.5 Å². The molecule has 0 saturated heterocycles. The van der Waals surface area contributed by atoms with Crippen molar-refractivity contribution in [2.75, 3.05) is 40.6 Å². The fourth-order valence-corrected chi connectivity index (χ4v) is 2.65. The van der Waals surface area contributed by atoms with Gasteiger partial charge in [-0.2, -0.15) is 0 Å². The zero-order valence-electron chi connectivity index (χ0n) is 14.3. The van der Waals surface area contributed by atoms with Crippen LogP contribution in [0.15, 0.2) is 30.3 Å². The lowest BCUT2D eigenvalue weighted by molar-refractivity contribution is 0.0322. The Morgan fingerprint density at radius 2 is 1.44 bits per heavy atom. The van der Waals surface area contributed by atoms with Crippen molar-refractivity contribution in [1.82, 2.24) is 0 Å². The van der Waals surface area contributed by atoms with Gasteiger partial charge in [0.2, 0.25) is 0 Å². The van der Waals surface area contributed by atoms with E-state index in [1.807, 2.05) is 24.3 Å². The molecule has 2 unspecified atom stereocenters. The Morgan fingerprint density at radius 3 is 2.04 bits per heavy atom. The Labute approximate surface area is 151 Å². The molecule has 2 aromatic rings. The smallest absolute Gasteiger partial charge is 0.146 e. The first-order valence-electron chi connectivity index (χ1n) is 7.87. The maximum absolute atomic E-state index is 9.77. The molecular weight excluding hydrogens is 348 g/mol. The van der Waals surface area contributed by atoms with Crippen molar-refractivity contribution in [2.24, 2.45) is 0 Å². The van der Waals surface area contributed by atoms with Gasteiger partial charge < -0.3 is 29.2 Å². The van der Waals surface area contributed by atoms with Crippen molar-refractivity contribution in [3.63, 3.8) is 0 Å². The van der Waals surface area contributed by atoms with Gasteiger partial charge in [0.05, 0.1) is 18.2 Å². The predicted octanol–water partition coefficient (Wildman–Crippen LogP) is 2.27. The maximum Gasteiger partial charge on any atom is 0.146 e. The van der Waals surface area contributed by atoms with Gasteiger partial charge in [-0.3, -0.25) is 0 Å². The summed E-state index contributed by atoms with van der Waals surface area (Å²) in [7, 11) is 3.02. The number of methoxy groups -OCH3 is 2. The topological polar surface area (TPSA) is 77.4 Å². The second kappa shape index (κ2) is 9.79. The zero-order chi connectivity index (χ0) is 18.2. The molecule has 0 aliphatic carbocycles. The molecule has 0 spiro atoms. The molecule has 0 bridgehead atoms. The normalized spacial score (nSPS) is 13.6. The van der Waals surface area contributed by atoms with Crippen LogP contribution in [-0.2, 0) is 9.47 Å². The van der Waals surface area contributed by atoms with E-state index in [2.05, 4.69) is 0 Å². The van der Waals surface area contributed by atoms with Gasteiger partial charge >= 0.3 is 0 Å². The summed E-state index contributed by atoms with van der Waals surface area (Å²) >= 11 is 6.34. The number of hydrogen-bond donors (Lipinski definition) is 2. The van der Waals surface area contributed by atoms with Gasteiger partial charge in [-0.05, 0) is 0 Å². The van der Waals surface area contributed by atoms with Gasteiger partial charge in [0, 0.05) is 31.1 Å². The summed E-state index contributed by atoms with van der Waals surface area (Å²) in [6, 6.07) is 9.11. The van der Waals surface area contributed by atoms with Crippen LogP contribution < -0.4 is 9.47 Å². The average molecular weight is 371 g/mol. The SMILES string of the molecule is COCC(O)COc1cc(Cl)c(OCC(O)COC)c2ccccc12. The lowest BCUT2D eigenvalue weighted by Crippen LogP contribution is -2.23. The van der Waals surface area contributed by atoms with Crippen molar-refractivity contribution in [3.8, 4) is 11.5 Å². The lowest BCUT2D eigenvalue weighted by atomic mass is 10.1. The van der Waals surface area contributed by atoms with Crippen LogP contribution in [-0.4, -0.2) is 63.1 Å². The van der Waals surface area contributed by atoms with Gasteiger partial charge in [-0.15, -0.1) is 0 Å². The molecule has 0 aromatic heterocycles. The van der Waals surface area contributed by atoms with Crippen molar-refractivity contribution >= 4 is 22.4 Å². The molecule has 0 saturated carbocycles. The molecule has 0 amide bonds. The van der Waals surface area contributed by atoms with E-state index in [1.165, 1.54) is 14.2 Å². The largest absolute Gasteiger partial charge is 0.490 e. The van der Waals surface area contributed by atoms with Crippen LogP contribution in [0, 0.1) is 0 Å². The molecule has 7 heteroatoms. The van der Waals surface area contributed by atoms with E-state index < -0.39 is 12.2 Å². The van der Waals surface area contributed by atoms with E-state index in [-0.39, 0.29) is 26.4 Å². The Kier molecular flexibility index (Phi) is 7.74. The van der Waals surface area contributed by atoms with Crippen molar-refractivity contribution in [3.05, 3.63) is 35.4 Å². The number of aliphatic hydroxyl groups excluding tert-OH is 2. The second-order valence-electron chi connectivity index (χ2n) is 5.57. The second-order valence-corrected chi connectivity index (χ2v) is 5.98. The molecule has 6 nitrogen and oxygen atoms in total. The fourth-order valence-electron chi connectivity index (χ4n) is 2.40. The van der Waals surface area contributed by atoms with Crippen LogP contribution in [0.3, 0.4) is 0 Å². The Balaban J connectivity index is 2.24. The summed E-state index contributed by atoms with van der Waals surface area (Å²) < 4.78 is 21.2. The molecule has 0 heterocycles. The van der Waals surface area contributed by atoms with Crippen LogP contribution in [0.25, 0.3) is 10.8 Å². The molecule has 0 fully saturated rings. The van der Waals surface area contributed by atoms with Crippen molar-refractivity contribution in [1.29, 1.82) is 0 Å². The predicted molar refractivity (Wildman–Crippen MR) is 95.7 cm³/mol. The highest BCUT2D eigenvalue weighted by Gasteiger charge is 2.15. The average Bonchev–Trinajstić information content (AvgIpc) is 2.59. The Bertz CT molecular complexity index is 678. The number of rotatable bonds is 10. The Hall–Kier alpha value is -1.57. The van der Waals surface area contributed by atoms with Crippen LogP contribution in [0.4, 0.5) is 0 Å². The monoisotopic (exact) mass is 370 g/mol. The number of fused-ring (bicyclic) bond motifs is 1. The van der Waals surface area contributed by atoms with Crippen molar-refractivity contribution in [2.45, 2.75) is 12.2 Å². The minimum Gasteiger partial charge on any atom is -0.490 e. The first-order valence-corrected chi connectivity index (χ1v) is 8.25. The van der Waals surface area contributed by atoms with E-state index in [0.717, 1.165) is 10.8 Å². The number of halogens is 1. The number of hydrogen-bond acceptors (Lipinski definition) is 6. The van der Waals surface area contributed by atoms with E-state index >= 15 is 0 Å². The lowest BCUT2D eigenvalue weighted by Gasteiger charge is -2.18. The van der Waals surface area contributed by atoms with Gasteiger partial charge in [-0.1, -0.05) is 35.9 Å². The van der Waals surface area contributed by atoms with Gasteiger partial charge in [-0.25, -0.2) is 0 Å². The quantitative estimate of drug-likeness (QED) is 0.668. The minimum absolute atomic E-state index is 0.0598. The first kappa shape index (κ1) is 19.8. The summed E-state index contributed by atoms with van der Waals surface area (Å²) in [5, 5.41) is 21.4. The zero-order valence-corrected chi connectivity index (χ0v) is 15.0. The summed E-state index contributed by atoms with van der Waals surface area (Å²) in [6.45, 7) is 0.504. The molecule has 2 atom stereocenters. The summed E-state index contributed by atoms with van der Waals surface area (Å²) in [5.74, 6) is 1.01. The molecule has 138 valence electrons. The summed E-state index contributed by atoms with van der Waals surface area (Å²) in [4.78, 5) is 0. The Morgan fingerprint density at radius 1 is 0.880 bits per heavy atom.